The Labute approximate surface area is 91.3 Å². The number of aromatic carboxylic acids is 1. The first-order valence-electron chi connectivity index (χ1n) is 3.89. The number of carboxylic acid groups (broad SMARTS) is 1. The first-order chi connectivity index (χ1) is 6.52. The van der Waals surface area contributed by atoms with Gasteiger partial charge in [0.2, 0.25) is 0 Å². The summed E-state index contributed by atoms with van der Waals surface area (Å²) < 4.78 is 24.3. The summed E-state index contributed by atoms with van der Waals surface area (Å²) in [6.45, 7) is 0. The van der Waals surface area contributed by atoms with Crippen LogP contribution < -0.4 is 5.73 Å². The Morgan fingerprint density at radius 3 is 2.07 bits per heavy atom. The SMILES string of the molecule is Cl.N[C@@H](c1ccc(C(=O)O)cc1)C(F)F. The van der Waals surface area contributed by atoms with Crippen LogP contribution in [0.4, 0.5) is 8.78 Å². The first-order valence-corrected chi connectivity index (χ1v) is 3.89. The summed E-state index contributed by atoms with van der Waals surface area (Å²) in [5.41, 5.74) is 5.44. The minimum atomic E-state index is -2.65. The van der Waals surface area contributed by atoms with Crippen molar-refractivity contribution in [2.75, 3.05) is 0 Å². The van der Waals surface area contributed by atoms with Crippen LogP contribution in [0.25, 0.3) is 0 Å². The maximum absolute atomic E-state index is 12.1. The highest BCUT2D eigenvalue weighted by Crippen LogP contribution is 2.18. The molecule has 84 valence electrons. The Morgan fingerprint density at radius 1 is 1.27 bits per heavy atom. The molecule has 0 aliphatic carbocycles. The van der Waals surface area contributed by atoms with Gasteiger partial charge in [0.05, 0.1) is 11.6 Å². The van der Waals surface area contributed by atoms with Crippen molar-refractivity contribution in [1.82, 2.24) is 0 Å². The van der Waals surface area contributed by atoms with Gasteiger partial charge >= 0.3 is 5.97 Å². The van der Waals surface area contributed by atoms with Crippen LogP contribution in [0, 0.1) is 0 Å². The molecule has 0 bridgehead atoms. The zero-order chi connectivity index (χ0) is 10.7. The molecule has 1 atom stereocenters. The fourth-order valence-electron chi connectivity index (χ4n) is 0.993. The summed E-state index contributed by atoms with van der Waals surface area (Å²) in [6.07, 6.45) is -2.65. The van der Waals surface area contributed by atoms with Crippen LogP contribution in [-0.4, -0.2) is 17.5 Å². The van der Waals surface area contributed by atoms with Crippen molar-refractivity contribution in [1.29, 1.82) is 0 Å². The van der Waals surface area contributed by atoms with Gasteiger partial charge in [-0.15, -0.1) is 12.4 Å². The van der Waals surface area contributed by atoms with E-state index >= 15 is 0 Å². The van der Waals surface area contributed by atoms with Gasteiger partial charge in [-0.3, -0.25) is 0 Å². The molecule has 1 rings (SSSR count). The lowest BCUT2D eigenvalue weighted by Gasteiger charge is -2.10. The smallest absolute Gasteiger partial charge is 0.335 e. The number of halogens is 3. The molecule has 0 amide bonds. The average Bonchev–Trinajstić information content (AvgIpc) is 2.16. The molecule has 3 N–H and O–H groups in total. The number of hydrogen-bond acceptors (Lipinski definition) is 2. The van der Waals surface area contributed by atoms with Gasteiger partial charge in [0.25, 0.3) is 6.43 Å². The fraction of sp³-hybridized carbons (Fsp3) is 0.222. The second-order valence-corrected chi connectivity index (χ2v) is 2.79. The highest BCUT2D eigenvalue weighted by atomic mass is 35.5. The van der Waals surface area contributed by atoms with E-state index in [2.05, 4.69) is 0 Å². The second kappa shape index (κ2) is 5.63. The molecule has 0 fully saturated rings. The summed E-state index contributed by atoms with van der Waals surface area (Å²) in [6, 6.07) is 3.72. The molecule has 3 nitrogen and oxygen atoms in total. The highest BCUT2D eigenvalue weighted by Gasteiger charge is 2.17. The predicted octanol–water partition coefficient (Wildman–Crippen LogP) is 2.07. The Morgan fingerprint density at radius 2 is 1.73 bits per heavy atom. The molecule has 0 aliphatic heterocycles. The Kier molecular flexibility index (Phi) is 5.18. The number of rotatable bonds is 3. The third-order valence-corrected chi connectivity index (χ3v) is 1.81. The Hall–Kier alpha value is -1.20. The van der Waals surface area contributed by atoms with Gasteiger partial charge in [0.15, 0.2) is 0 Å². The summed E-state index contributed by atoms with van der Waals surface area (Å²) in [7, 11) is 0. The normalized spacial score (nSPS) is 12.0. The van der Waals surface area contributed by atoms with Crippen molar-refractivity contribution in [2.45, 2.75) is 12.5 Å². The number of alkyl halides is 2. The summed E-state index contributed by atoms with van der Waals surface area (Å²) >= 11 is 0. The van der Waals surface area contributed by atoms with E-state index in [1.54, 1.807) is 0 Å². The van der Waals surface area contributed by atoms with E-state index in [0.29, 0.717) is 0 Å². The molecule has 1 aromatic rings. The molecule has 0 spiro atoms. The molecule has 0 heterocycles. The van der Waals surface area contributed by atoms with E-state index in [0.717, 1.165) is 0 Å². The number of benzene rings is 1. The maximum atomic E-state index is 12.1. The number of hydrogen-bond donors (Lipinski definition) is 2. The van der Waals surface area contributed by atoms with Crippen molar-refractivity contribution in [3.05, 3.63) is 35.4 Å². The van der Waals surface area contributed by atoms with Crippen LogP contribution >= 0.6 is 12.4 Å². The molecule has 0 saturated heterocycles. The molecule has 0 saturated carbocycles. The summed E-state index contributed by atoms with van der Waals surface area (Å²) in [5.74, 6) is -1.10. The predicted molar refractivity (Wildman–Crippen MR) is 53.6 cm³/mol. The zero-order valence-corrected chi connectivity index (χ0v) is 8.38. The molecule has 0 unspecified atom stereocenters. The standard InChI is InChI=1S/C9H9F2NO2.ClH/c10-8(11)7(12)5-1-3-6(4-2-5)9(13)14;/h1-4,7-8H,12H2,(H,13,14);1H/t7-;/m0./s1. The molecule has 6 heteroatoms. The minimum absolute atomic E-state index is 0. The van der Waals surface area contributed by atoms with Gasteiger partial charge in [0, 0.05) is 0 Å². The lowest BCUT2D eigenvalue weighted by Crippen LogP contribution is -2.18. The van der Waals surface area contributed by atoms with Crippen molar-refractivity contribution in [3.8, 4) is 0 Å². The van der Waals surface area contributed by atoms with Crippen molar-refractivity contribution in [3.63, 3.8) is 0 Å². The van der Waals surface area contributed by atoms with Gasteiger partial charge in [0.1, 0.15) is 0 Å². The second-order valence-electron chi connectivity index (χ2n) is 2.79. The van der Waals surface area contributed by atoms with Crippen LogP contribution in [0.1, 0.15) is 22.0 Å². The Balaban J connectivity index is 0.00000196. The monoisotopic (exact) mass is 237 g/mol. The quantitative estimate of drug-likeness (QED) is 0.846. The Bertz CT molecular complexity index is 329. The van der Waals surface area contributed by atoms with Crippen LogP contribution in [0.5, 0.6) is 0 Å². The van der Waals surface area contributed by atoms with Crippen molar-refractivity contribution < 1.29 is 18.7 Å². The zero-order valence-electron chi connectivity index (χ0n) is 7.56. The van der Waals surface area contributed by atoms with E-state index < -0.39 is 18.4 Å². The van der Waals surface area contributed by atoms with Crippen LogP contribution in [-0.2, 0) is 0 Å². The lowest BCUT2D eigenvalue weighted by molar-refractivity contribution is 0.0697. The lowest BCUT2D eigenvalue weighted by atomic mass is 10.1. The fourth-order valence-corrected chi connectivity index (χ4v) is 0.993. The average molecular weight is 238 g/mol. The van der Waals surface area contributed by atoms with E-state index in [1.165, 1.54) is 24.3 Å². The van der Waals surface area contributed by atoms with Gasteiger partial charge in [-0.05, 0) is 17.7 Å². The minimum Gasteiger partial charge on any atom is -0.478 e. The van der Waals surface area contributed by atoms with E-state index in [-0.39, 0.29) is 23.5 Å². The maximum Gasteiger partial charge on any atom is 0.335 e. The number of carbonyl (C=O) groups is 1. The van der Waals surface area contributed by atoms with Crippen LogP contribution in [0.15, 0.2) is 24.3 Å². The third-order valence-electron chi connectivity index (χ3n) is 1.81. The third kappa shape index (κ3) is 3.45. The molecule has 0 radical (unpaired) electrons. The highest BCUT2D eigenvalue weighted by molar-refractivity contribution is 5.87. The molecule has 0 aliphatic rings. The van der Waals surface area contributed by atoms with Gasteiger partial charge in [-0.1, -0.05) is 12.1 Å². The summed E-state index contributed by atoms with van der Waals surface area (Å²) in [4.78, 5) is 10.4. The van der Waals surface area contributed by atoms with Crippen molar-refractivity contribution >= 4 is 18.4 Å². The molecular weight excluding hydrogens is 228 g/mol. The number of nitrogens with two attached hydrogens (primary N) is 1. The van der Waals surface area contributed by atoms with E-state index in [1.807, 2.05) is 0 Å². The van der Waals surface area contributed by atoms with Gasteiger partial charge in [-0.2, -0.15) is 0 Å². The first kappa shape index (κ1) is 13.8. The molecule has 0 aromatic heterocycles. The largest absolute Gasteiger partial charge is 0.478 e. The molecular formula is C9H10ClF2NO2. The van der Waals surface area contributed by atoms with Crippen LogP contribution in [0.2, 0.25) is 0 Å². The number of carboxylic acids is 1. The molecule has 1 aromatic carbocycles. The van der Waals surface area contributed by atoms with Crippen molar-refractivity contribution in [2.24, 2.45) is 5.73 Å². The van der Waals surface area contributed by atoms with E-state index in [9.17, 15) is 13.6 Å². The topological polar surface area (TPSA) is 63.3 Å². The summed E-state index contributed by atoms with van der Waals surface area (Å²) in [5, 5.41) is 8.54. The molecule has 15 heavy (non-hydrogen) atoms. The van der Waals surface area contributed by atoms with E-state index in [4.69, 9.17) is 10.8 Å². The van der Waals surface area contributed by atoms with Gasteiger partial charge in [-0.25, -0.2) is 13.6 Å². The van der Waals surface area contributed by atoms with Crippen LogP contribution in [0.3, 0.4) is 0 Å². The van der Waals surface area contributed by atoms with Gasteiger partial charge < -0.3 is 10.8 Å².